The second kappa shape index (κ2) is 11.1. The first-order valence-electron chi connectivity index (χ1n) is 11.2. The number of pyridine rings is 1. The number of nitrogens with zero attached hydrogens (tertiary/aromatic N) is 3. The minimum absolute atomic E-state index is 0.106. The third-order valence-electron chi connectivity index (χ3n) is 5.16. The predicted molar refractivity (Wildman–Crippen MR) is 129 cm³/mol. The van der Waals surface area contributed by atoms with Gasteiger partial charge < -0.3 is 24.1 Å². The molecule has 184 valence electrons. The second-order valence-electron chi connectivity index (χ2n) is 7.57. The Bertz CT molecular complexity index is 1340. The molecule has 0 fully saturated rings. The summed E-state index contributed by atoms with van der Waals surface area (Å²) < 4.78 is 20.5. The standard InChI is InChI=1S/C26H24N4O6/c1-4-34-26(32)35-22-20(33-3)14-15-27-21(22)24(31)28-16(2)25-29-23(30-36-25)19-12-10-18(11-13-19)17-8-6-5-7-9-17/h5-16H,4H2,1-3H3,(H,28,31)/t16-/m0/s1. The summed E-state index contributed by atoms with van der Waals surface area (Å²) in [6.07, 6.45) is 0.381. The van der Waals surface area contributed by atoms with E-state index in [4.69, 9.17) is 18.7 Å². The summed E-state index contributed by atoms with van der Waals surface area (Å²) in [6.45, 7) is 3.42. The number of benzene rings is 2. The van der Waals surface area contributed by atoms with Crippen molar-refractivity contribution in [3.63, 3.8) is 0 Å². The zero-order valence-electron chi connectivity index (χ0n) is 19.9. The Labute approximate surface area is 207 Å². The predicted octanol–water partition coefficient (Wildman–Crippen LogP) is 4.83. The van der Waals surface area contributed by atoms with Gasteiger partial charge in [-0.05, 0) is 25.0 Å². The van der Waals surface area contributed by atoms with Crippen molar-refractivity contribution in [2.45, 2.75) is 19.9 Å². The molecule has 0 aliphatic heterocycles. The van der Waals surface area contributed by atoms with Gasteiger partial charge in [0.1, 0.15) is 6.04 Å². The highest BCUT2D eigenvalue weighted by molar-refractivity contribution is 5.96. The first-order valence-corrected chi connectivity index (χ1v) is 11.2. The van der Waals surface area contributed by atoms with Crippen molar-refractivity contribution in [2.75, 3.05) is 13.7 Å². The Morgan fingerprint density at radius 1 is 1.00 bits per heavy atom. The summed E-state index contributed by atoms with van der Waals surface area (Å²) in [4.78, 5) is 33.3. The first-order chi connectivity index (χ1) is 17.5. The van der Waals surface area contributed by atoms with Gasteiger partial charge in [-0.15, -0.1) is 0 Å². The smallest absolute Gasteiger partial charge is 0.493 e. The summed E-state index contributed by atoms with van der Waals surface area (Å²) in [5.74, 6) is -0.0618. The third-order valence-corrected chi connectivity index (χ3v) is 5.16. The van der Waals surface area contributed by atoms with Crippen LogP contribution in [0.3, 0.4) is 0 Å². The zero-order chi connectivity index (χ0) is 25.5. The molecule has 10 nitrogen and oxygen atoms in total. The van der Waals surface area contributed by atoms with Crippen LogP contribution in [0.2, 0.25) is 0 Å². The number of hydrogen-bond acceptors (Lipinski definition) is 9. The number of rotatable bonds is 8. The van der Waals surface area contributed by atoms with Gasteiger partial charge in [-0.1, -0.05) is 59.8 Å². The van der Waals surface area contributed by atoms with Crippen LogP contribution in [0.25, 0.3) is 22.5 Å². The highest BCUT2D eigenvalue weighted by Crippen LogP contribution is 2.30. The van der Waals surface area contributed by atoms with Gasteiger partial charge in [0.25, 0.3) is 5.91 Å². The molecule has 1 atom stereocenters. The topological polar surface area (TPSA) is 126 Å². The molecule has 0 spiro atoms. The molecule has 10 heteroatoms. The molecule has 4 aromatic rings. The van der Waals surface area contributed by atoms with Crippen LogP contribution in [-0.2, 0) is 4.74 Å². The molecule has 2 heterocycles. The Hall–Kier alpha value is -4.73. The largest absolute Gasteiger partial charge is 0.514 e. The number of carbonyl (C=O) groups is 2. The summed E-state index contributed by atoms with van der Waals surface area (Å²) in [6, 6.07) is 18.6. The molecule has 36 heavy (non-hydrogen) atoms. The number of nitrogens with one attached hydrogen (secondary N) is 1. The van der Waals surface area contributed by atoms with E-state index in [0.29, 0.717) is 5.82 Å². The lowest BCUT2D eigenvalue weighted by Crippen LogP contribution is -2.28. The van der Waals surface area contributed by atoms with Gasteiger partial charge in [-0.25, -0.2) is 9.78 Å². The van der Waals surface area contributed by atoms with E-state index in [1.54, 1.807) is 13.8 Å². The van der Waals surface area contributed by atoms with Crippen LogP contribution >= 0.6 is 0 Å². The highest BCUT2D eigenvalue weighted by atomic mass is 16.7. The van der Waals surface area contributed by atoms with Crippen molar-refractivity contribution < 1.29 is 28.3 Å². The monoisotopic (exact) mass is 488 g/mol. The molecule has 2 aromatic heterocycles. The van der Waals surface area contributed by atoms with E-state index in [1.807, 2.05) is 54.6 Å². The first kappa shape index (κ1) is 24.4. The van der Waals surface area contributed by atoms with Gasteiger partial charge >= 0.3 is 6.16 Å². The molecule has 0 unspecified atom stereocenters. The summed E-state index contributed by atoms with van der Waals surface area (Å²) >= 11 is 0. The lowest BCUT2D eigenvalue weighted by molar-refractivity contribution is 0.0910. The minimum atomic E-state index is -0.981. The highest BCUT2D eigenvalue weighted by Gasteiger charge is 2.25. The maximum absolute atomic E-state index is 13.0. The van der Waals surface area contributed by atoms with Crippen molar-refractivity contribution in [3.8, 4) is 34.0 Å². The summed E-state index contributed by atoms with van der Waals surface area (Å²) in [7, 11) is 1.38. The molecule has 0 bridgehead atoms. The normalized spacial score (nSPS) is 11.4. The Morgan fingerprint density at radius 3 is 2.39 bits per heavy atom. The Kier molecular flexibility index (Phi) is 7.54. The number of amides is 1. The van der Waals surface area contributed by atoms with Crippen LogP contribution in [0.15, 0.2) is 71.4 Å². The average molecular weight is 489 g/mol. The summed E-state index contributed by atoms with van der Waals surface area (Å²) in [5, 5.41) is 6.76. The minimum Gasteiger partial charge on any atom is -0.493 e. The molecule has 1 N–H and O–H groups in total. The third kappa shape index (κ3) is 5.49. The fourth-order valence-electron chi connectivity index (χ4n) is 3.38. The van der Waals surface area contributed by atoms with Gasteiger partial charge in [0.15, 0.2) is 11.4 Å². The van der Waals surface area contributed by atoms with E-state index in [0.717, 1.165) is 16.7 Å². The fourth-order valence-corrected chi connectivity index (χ4v) is 3.38. The maximum Gasteiger partial charge on any atom is 0.514 e. The van der Waals surface area contributed by atoms with Gasteiger partial charge in [-0.2, -0.15) is 4.98 Å². The van der Waals surface area contributed by atoms with Gasteiger partial charge in [-0.3, -0.25) is 4.79 Å². The molecule has 0 aliphatic rings. The lowest BCUT2D eigenvalue weighted by Gasteiger charge is -2.14. The van der Waals surface area contributed by atoms with Crippen LogP contribution in [0.5, 0.6) is 11.5 Å². The quantitative estimate of drug-likeness (QED) is 0.347. The van der Waals surface area contributed by atoms with Crippen LogP contribution in [0, 0.1) is 0 Å². The lowest BCUT2D eigenvalue weighted by atomic mass is 10.0. The van der Waals surface area contributed by atoms with Gasteiger partial charge in [0.05, 0.1) is 13.7 Å². The zero-order valence-corrected chi connectivity index (χ0v) is 19.9. The average Bonchev–Trinajstić information content (AvgIpc) is 3.40. The molecule has 0 saturated carbocycles. The van der Waals surface area contributed by atoms with Crippen LogP contribution in [0.4, 0.5) is 4.79 Å². The van der Waals surface area contributed by atoms with Crippen molar-refractivity contribution in [1.82, 2.24) is 20.4 Å². The van der Waals surface area contributed by atoms with Crippen molar-refractivity contribution in [3.05, 3.63) is 78.4 Å². The van der Waals surface area contributed by atoms with Crippen molar-refractivity contribution in [2.24, 2.45) is 0 Å². The van der Waals surface area contributed by atoms with Crippen molar-refractivity contribution >= 4 is 12.1 Å². The van der Waals surface area contributed by atoms with E-state index in [1.165, 1.54) is 19.4 Å². The molecule has 0 aliphatic carbocycles. The SMILES string of the molecule is CCOC(=O)Oc1c(OC)ccnc1C(=O)N[C@@H](C)c1nc(-c2ccc(-c3ccccc3)cc2)no1. The fraction of sp³-hybridized carbons (Fsp3) is 0.192. The van der Waals surface area contributed by atoms with Gasteiger partial charge in [0.2, 0.25) is 17.5 Å². The van der Waals surface area contributed by atoms with Crippen LogP contribution in [-0.4, -0.2) is 40.9 Å². The molecule has 2 aromatic carbocycles. The number of methoxy groups -OCH3 is 1. The molecular weight excluding hydrogens is 464 g/mol. The number of carbonyl (C=O) groups excluding carboxylic acids is 2. The Balaban J connectivity index is 1.48. The Morgan fingerprint density at radius 2 is 1.69 bits per heavy atom. The van der Waals surface area contributed by atoms with E-state index >= 15 is 0 Å². The second-order valence-corrected chi connectivity index (χ2v) is 7.57. The van der Waals surface area contributed by atoms with E-state index in [2.05, 4.69) is 20.4 Å². The number of aromatic nitrogens is 3. The van der Waals surface area contributed by atoms with E-state index in [9.17, 15) is 9.59 Å². The van der Waals surface area contributed by atoms with Crippen LogP contribution < -0.4 is 14.8 Å². The maximum atomic E-state index is 13.0. The molecule has 0 radical (unpaired) electrons. The van der Waals surface area contributed by atoms with E-state index in [-0.39, 0.29) is 29.7 Å². The molecule has 1 amide bonds. The number of hydrogen-bond donors (Lipinski definition) is 1. The molecule has 0 saturated heterocycles. The molecule has 4 rings (SSSR count). The van der Waals surface area contributed by atoms with Crippen LogP contribution in [0.1, 0.15) is 36.3 Å². The van der Waals surface area contributed by atoms with Crippen molar-refractivity contribution in [1.29, 1.82) is 0 Å². The van der Waals surface area contributed by atoms with E-state index < -0.39 is 18.1 Å². The number of ether oxygens (including phenoxy) is 3. The summed E-state index contributed by atoms with van der Waals surface area (Å²) in [5.41, 5.74) is 2.77. The molecular formula is C26H24N4O6. The van der Waals surface area contributed by atoms with Gasteiger partial charge in [0, 0.05) is 17.8 Å².